The maximum absolute atomic E-state index is 8.88. The van der Waals surface area contributed by atoms with Crippen LogP contribution in [0, 0.1) is 0 Å². The van der Waals surface area contributed by atoms with E-state index in [-0.39, 0.29) is 6.61 Å². The summed E-state index contributed by atoms with van der Waals surface area (Å²) in [6.07, 6.45) is 8.79. The Labute approximate surface area is 111 Å². The molecule has 0 saturated heterocycles. The molecule has 0 fully saturated rings. The summed E-state index contributed by atoms with van der Waals surface area (Å²) >= 11 is 0. The summed E-state index contributed by atoms with van der Waals surface area (Å²) in [4.78, 5) is 0. The number of aryl methyl sites for hydroxylation is 1. The van der Waals surface area contributed by atoms with Gasteiger partial charge in [-0.2, -0.15) is 0 Å². The second kappa shape index (κ2) is 8.71. The number of rotatable bonds is 7. The van der Waals surface area contributed by atoms with E-state index in [1.54, 1.807) is 0 Å². The third kappa shape index (κ3) is 6.41. The molecule has 0 heterocycles. The fourth-order valence-electron chi connectivity index (χ4n) is 1.84. The van der Waals surface area contributed by atoms with Gasteiger partial charge in [-0.1, -0.05) is 53.6 Å². The molecule has 0 aliphatic heterocycles. The van der Waals surface area contributed by atoms with Crippen molar-refractivity contribution in [1.82, 2.24) is 0 Å². The lowest BCUT2D eigenvalue weighted by atomic mass is 10.1. The molecule has 0 unspecified atom stereocenters. The third-order valence-electron chi connectivity index (χ3n) is 3.05. The fourth-order valence-corrected chi connectivity index (χ4v) is 1.84. The number of hydrogen-bond donors (Lipinski definition) is 1. The summed E-state index contributed by atoms with van der Waals surface area (Å²) in [7, 11) is 0. The van der Waals surface area contributed by atoms with Crippen molar-refractivity contribution in [3.63, 3.8) is 0 Å². The largest absolute Gasteiger partial charge is 0.392 e. The Morgan fingerprint density at radius 3 is 2.33 bits per heavy atom. The van der Waals surface area contributed by atoms with Gasteiger partial charge in [0.1, 0.15) is 0 Å². The van der Waals surface area contributed by atoms with Crippen molar-refractivity contribution in [1.29, 1.82) is 0 Å². The minimum Gasteiger partial charge on any atom is -0.392 e. The number of benzene rings is 1. The van der Waals surface area contributed by atoms with Gasteiger partial charge in [-0.3, -0.25) is 0 Å². The molecular formula is C17H24O. The van der Waals surface area contributed by atoms with E-state index < -0.39 is 0 Å². The lowest BCUT2D eigenvalue weighted by Gasteiger charge is -2.01. The van der Waals surface area contributed by atoms with Gasteiger partial charge in [0.05, 0.1) is 6.61 Å². The SMILES string of the molecule is CC(=CCCC(C)=CCCc1ccccc1)CO. The Balaban J connectivity index is 2.26. The van der Waals surface area contributed by atoms with E-state index >= 15 is 0 Å². The highest BCUT2D eigenvalue weighted by Crippen LogP contribution is 2.10. The normalized spacial score (nSPS) is 12.8. The van der Waals surface area contributed by atoms with Crippen molar-refractivity contribution in [2.24, 2.45) is 0 Å². The van der Waals surface area contributed by atoms with Crippen LogP contribution in [0.15, 0.2) is 53.6 Å². The van der Waals surface area contributed by atoms with Crippen molar-refractivity contribution in [2.45, 2.75) is 39.5 Å². The number of hydrogen-bond acceptors (Lipinski definition) is 1. The first kappa shape index (κ1) is 14.7. The first-order chi connectivity index (χ1) is 8.72. The van der Waals surface area contributed by atoms with Crippen LogP contribution in [0.25, 0.3) is 0 Å². The highest BCUT2D eigenvalue weighted by Gasteiger charge is 1.92. The molecule has 98 valence electrons. The predicted octanol–water partition coefficient (Wildman–Crippen LogP) is 4.28. The quantitative estimate of drug-likeness (QED) is 0.710. The standard InChI is InChI=1S/C17H24O/c1-15(8-6-10-16(2)14-18)9-7-13-17-11-4-3-5-12-17/h3-5,9-12,18H,6-8,13-14H2,1-2H3. The van der Waals surface area contributed by atoms with Crippen molar-refractivity contribution in [2.75, 3.05) is 6.61 Å². The summed E-state index contributed by atoms with van der Waals surface area (Å²) in [6.45, 7) is 4.33. The molecule has 1 N–H and O–H groups in total. The summed E-state index contributed by atoms with van der Waals surface area (Å²) in [6, 6.07) is 10.6. The van der Waals surface area contributed by atoms with E-state index in [4.69, 9.17) is 5.11 Å². The Morgan fingerprint density at radius 1 is 1.00 bits per heavy atom. The summed E-state index contributed by atoms with van der Waals surface area (Å²) < 4.78 is 0. The molecule has 0 aromatic heterocycles. The number of aliphatic hydroxyl groups excluding tert-OH is 1. The van der Waals surface area contributed by atoms with Crippen molar-refractivity contribution in [3.8, 4) is 0 Å². The van der Waals surface area contributed by atoms with Crippen LogP contribution in [-0.2, 0) is 6.42 Å². The van der Waals surface area contributed by atoms with E-state index in [2.05, 4.69) is 49.4 Å². The molecule has 1 aromatic carbocycles. The van der Waals surface area contributed by atoms with Gasteiger partial charge in [-0.15, -0.1) is 0 Å². The van der Waals surface area contributed by atoms with E-state index in [1.807, 2.05) is 6.92 Å². The van der Waals surface area contributed by atoms with Gasteiger partial charge in [-0.25, -0.2) is 0 Å². The second-order valence-electron chi connectivity index (χ2n) is 4.82. The zero-order valence-corrected chi connectivity index (χ0v) is 11.5. The average Bonchev–Trinajstić information content (AvgIpc) is 2.39. The van der Waals surface area contributed by atoms with Gasteiger partial charge in [0, 0.05) is 0 Å². The number of allylic oxidation sites excluding steroid dienone is 3. The van der Waals surface area contributed by atoms with Crippen LogP contribution < -0.4 is 0 Å². The molecule has 18 heavy (non-hydrogen) atoms. The first-order valence-corrected chi connectivity index (χ1v) is 6.68. The van der Waals surface area contributed by atoms with E-state index in [0.717, 1.165) is 31.3 Å². The molecule has 1 rings (SSSR count). The van der Waals surface area contributed by atoms with E-state index in [0.29, 0.717) is 0 Å². The molecule has 1 heteroatoms. The van der Waals surface area contributed by atoms with Crippen LogP contribution >= 0.6 is 0 Å². The predicted molar refractivity (Wildman–Crippen MR) is 78.6 cm³/mol. The molecule has 1 nitrogen and oxygen atoms in total. The molecule has 0 atom stereocenters. The highest BCUT2D eigenvalue weighted by atomic mass is 16.3. The Morgan fingerprint density at radius 2 is 1.67 bits per heavy atom. The van der Waals surface area contributed by atoms with Gasteiger partial charge >= 0.3 is 0 Å². The maximum Gasteiger partial charge on any atom is 0.0639 e. The lowest BCUT2D eigenvalue weighted by molar-refractivity contribution is 0.331. The molecular weight excluding hydrogens is 220 g/mol. The van der Waals surface area contributed by atoms with E-state index in [1.165, 1.54) is 11.1 Å². The van der Waals surface area contributed by atoms with Crippen LogP contribution in [-0.4, -0.2) is 11.7 Å². The van der Waals surface area contributed by atoms with Crippen molar-refractivity contribution < 1.29 is 5.11 Å². The van der Waals surface area contributed by atoms with Crippen LogP contribution in [0.5, 0.6) is 0 Å². The van der Waals surface area contributed by atoms with Gasteiger partial charge in [0.2, 0.25) is 0 Å². The monoisotopic (exact) mass is 244 g/mol. The van der Waals surface area contributed by atoms with Gasteiger partial charge in [0.15, 0.2) is 0 Å². The van der Waals surface area contributed by atoms with Crippen LogP contribution in [0.1, 0.15) is 38.7 Å². The topological polar surface area (TPSA) is 20.2 Å². The van der Waals surface area contributed by atoms with Gasteiger partial charge < -0.3 is 5.11 Å². The summed E-state index contributed by atoms with van der Waals surface area (Å²) in [5, 5.41) is 8.88. The molecule has 0 spiro atoms. The molecule has 1 aromatic rings. The molecule has 0 saturated carbocycles. The minimum absolute atomic E-state index is 0.177. The second-order valence-corrected chi connectivity index (χ2v) is 4.82. The summed E-state index contributed by atoms with van der Waals surface area (Å²) in [5.41, 5.74) is 3.90. The fraction of sp³-hybridized carbons (Fsp3) is 0.412. The molecule has 0 bridgehead atoms. The van der Waals surface area contributed by atoms with Crippen LogP contribution in [0.2, 0.25) is 0 Å². The first-order valence-electron chi connectivity index (χ1n) is 6.68. The average molecular weight is 244 g/mol. The van der Waals surface area contributed by atoms with Crippen LogP contribution in [0.3, 0.4) is 0 Å². The van der Waals surface area contributed by atoms with Crippen molar-refractivity contribution >= 4 is 0 Å². The van der Waals surface area contributed by atoms with Crippen LogP contribution in [0.4, 0.5) is 0 Å². The highest BCUT2D eigenvalue weighted by molar-refractivity contribution is 5.15. The summed E-state index contributed by atoms with van der Waals surface area (Å²) in [5.74, 6) is 0. The van der Waals surface area contributed by atoms with Gasteiger partial charge in [-0.05, 0) is 45.1 Å². The molecule has 0 aliphatic carbocycles. The minimum atomic E-state index is 0.177. The van der Waals surface area contributed by atoms with Gasteiger partial charge in [0.25, 0.3) is 0 Å². The molecule has 0 amide bonds. The molecule has 0 aliphatic rings. The smallest absolute Gasteiger partial charge is 0.0639 e. The zero-order chi connectivity index (χ0) is 13.2. The maximum atomic E-state index is 8.88. The Bertz CT molecular complexity index is 387. The van der Waals surface area contributed by atoms with Crippen molar-refractivity contribution in [3.05, 3.63) is 59.2 Å². The number of aliphatic hydroxyl groups is 1. The van der Waals surface area contributed by atoms with E-state index in [9.17, 15) is 0 Å². The Hall–Kier alpha value is -1.34. The third-order valence-corrected chi connectivity index (χ3v) is 3.05. The molecule has 0 radical (unpaired) electrons. The Kier molecular flexibility index (Phi) is 7.12. The zero-order valence-electron chi connectivity index (χ0n) is 11.5. The lowest BCUT2D eigenvalue weighted by Crippen LogP contribution is -1.85.